The molecular weight excluding hydrogens is 164 g/mol. The maximum atomic E-state index is 11.2. The molecule has 0 amide bonds. The Morgan fingerprint density at radius 1 is 1.38 bits per heavy atom. The van der Waals surface area contributed by atoms with Gasteiger partial charge in [0, 0.05) is 6.42 Å². The summed E-state index contributed by atoms with van der Waals surface area (Å²) in [6.07, 6.45) is 5.47. The molecule has 0 aliphatic rings. The Kier molecular flexibility index (Phi) is 3.59. The lowest BCUT2D eigenvalue weighted by Gasteiger charge is -2.01. The first-order valence-electron chi connectivity index (χ1n) is 4.00. The molecule has 0 atom stereocenters. The molecule has 1 rings (SSSR count). The number of ether oxygens (including phenoxy) is 1. The lowest BCUT2D eigenvalue weighted by Crippen LogP contribution is -2.05. The fourth-order valence-electron chi connectivity index (χ4n) is 0.860. The molecule has 0 unspecified atom stereocenters. The van der Waals surface area contributed by atoms with Crippen LogP contribution in [0.3, 0.4) is 0 Å². The Balaban J connectivity index is 2.46. The van der Waals surface area contributed by atoms with Crippen molar-refractivity contribution < 1.29 is 9.53 Å². The fourth-order valence-corrected chi connectivity index (χ4v) is 0.860. The first kappa shape index (κ1) is 9.34. The predicted molar refractivity (Wildman–Crippen MR) is 50.2 cm³/mol. The van der Waals surface area contributed by atoms with Crippen molar-refractivity contribution in [3.8, 4) is 12.3 Å². The van der Waals surface area contributed by atoms with E-state index in [-0.39, 0.29) is 12.6 Å². The van der Waals surface area contributed by atoms with Crippen LogP contribution in [0, 0.1) is 12.3 Å². The maximum absolute atomic E-state index is 11.2. The van der Waals surface area contributed by atoms with Crippen molar-refractivity contribution >= 4 is 5.97 Å². The van der Waals surface area contributed by atoms with Crippen molar-refractivity contribution in [3.63, 3.8) is 0 Å². The van der Waals surface area contributed by atoms with Crippen molar-refractivity contribution in [1.82, 2.24) is 0 Å². The highest BCUT2D eigenvalue weighted by molar-refractivity contribution is 5.89. The van der Waals surface area contributed by atoms with Crippen LogP contribution in [0.25, 0.3) is 0 Å². The molecule has 0 spiro atoms. The summed E-state index contributed by atoms with van der Waals surface area (Å²) in [5, 5.41) is 0. The second kappa shape index (κ2) is 5.00. The number of hydrogen-bond donors (Lipinski definition) is 0. The van der Waals surface area contributed by atoms with Gasteiger partial charge in [0.2, 0.25) is 0 Å². The van der Waals surface area contributed by atoms with Crippen LogP contribution in [-0.2, 0) is 4.74 Å². The minimum atomic E-state index is -0.323. The number of carbonyl (C=O) groups excluding carboxylic acids is 1. The number of esters is 1. The Labute approximate surface area is 77.5 Å². The standard InChI is InChI=1S/C11H10O2/c1-2-3-9-13-11(12)10-7-5-4-6-8-10/h1,4-8H,3,9H2. The molecule has 0 heterocycles. The third-order valence-electron chi connectivity index (χ3n) is 1.49. The average molecular weight is 174 g/mol. The summed E-state index contributed by atoms with van der Waals surface area (Å²) in [5.74, 6) is 2.07. The van der Waals surface area contributed by atoms with Crippen molar-refractivity contribution in [2.75, 3.05) is 6.61 Å². The molecule has 0 saturated carbocycles. The van der Waals surface area contributed by atoms with Gasteiger partial charge in [-0.15, -0.1) is 12.3 Å². The van der Waals surface area contributed by atoms with Gasteiger partial charge in [-0.05, 0) is 12.1 Å². The van der Waals surface area contributed by atoms with Crippen molar-refractivity contribution in [1.29, 1.82) is 0 Å². The van der Waals surface area contributed by atoms with Crippen LogP contribution in [0.2, 0.25) is 0 Å². The molecule has 0 fully saturated rings. The van der Waals surface area contributed by atoms with Crippen molar-refractivity contribution in [2.45, 2.75) is 6.42 Å². The first-order chi connectivity index (χ1) is 6.34. The van der Waals surface area contributed by atoms with Gasteiger partial charge in [0.25, 0.3) is 0 Å². The lowest BCUT2D eigenvalue weighted by atomic mass is 10.2. The molecule has 0 saturated heterocycles. The van der Waals surface area contributed by atoms with E-state index in [1.165, 1.54) is 0 Å². The molecule has 0 aliphatic carbocycles. The number of benzene rings is 1. The van der Waals surface area contributed by atoms with Crippen molar-refractivity contribution in [2.24, 2.45) is 0 Å². The normalized spacial score (nSPS) is 8.85. The number of carbonyl (C=O) groups is 1. The highest BCUT2D eigenvalue weighted by Crippen LogP contribution is 2.00. The van der Waals surface area contributed by atoms with Gasteiger partial charge in [-0.1, -0.05) is 18.2 Å². The van der Waals surface area contributed by atoms with Crippen LogP contribution < -0.4 is 0 Å². The Hall–Kier alpha value is -1.75. The zero-order chi connectivity index (χ0) is 9.52. The summed E-state index contributed by atoms with van der Waals surface area (Å²) in [6, 6.07) is 8.84. The van der Waals surface area contributed by atoms with E-state index in [1.807, 2.05) is 6.07 Å². The number of rotatable bonds is 3. The Bertz CT molecular complexity index is 309. The van der Waals surface area contributed by atoms with Crippen LogP contribution in [0.15, 0.2) is 30.3 Å². The largest absolute Gasteiger partial charge is 0.461 e. The van der Waals surface area contributed by atoms with E-state index in [1.54, 1.807) is 24.3 Å². The van der Waals surface area contributed by atoms with Gasteiger partial charge in [-0.3, -0.25) is 0 Å². The van der Waals surface area contributed by atoms with E-state index in [0.29, 0.717) is 12.0 Å². The molecule has 0 N–H and O–H groups in total. The van der Waals surface area contributed by atoms with E-state index < -0.39 is 0 Å². The molecule has 1 aromatic rings. The van der Waals surface area contributed by atoms with Gasteiger partial charge >= 0.3 is 5.97 Å². The molecule has 1 aromatic carbocycles. The minimum Gasteiger partial charge on any atom is -0.461 e. The summed E-state index contributed by atoms with van der Waals surface area (Å²) < 4.78 is 4.89. The highest BCUT2D eigenvalue weighted by atomic mass is 16.5. The van der Waals surface area contributed by atoms with Gasteiger partial charge < -0.3 is 4.74 Å². The fraction of sp³-hybridized carbons (Fsp3) is 0.182. The quantitative estimate of drug-likeness (QED) is 0.397. The van der Waals surface area contributed by atoms with Gasteiger partial charge in [-0.25, -0.2) is 4.79 Å². The highest BCUT2D eigenvalue weighted by Gasteiger charge is 2.03. The van der Waals surface area contributed by atoms with E-state index >= 15 is 0 Å². The molecule has 0 bridgehead atoms. The molecule has 13 heavy (non-hydrogen) atoms. The molecule has 0 aromatic heterocycles. The van der Waals surface area contributed by atoms with Crippen LogP contribution in [-0.4, -0.2) is 12.6 Å². The maximum Gasteiger partial charge on any atom is 0.338 e. The first-order valence-corrected chi connectivity index (χ1v) is 4.00. The number of hydrogen-bond acceptors (Lipinski definition) is 2. The lowest BCUT2D eigenvalue weighted by molar-refractivity contribution is 0.0514. The summed E-state index contributed by atoms with van der Waals surface area (Å²) in [7, 11) is 0. The SMILES string of the molecule is C#CCCOC(=O)c1ccccc1. The zero-order valence-electron chi connectivity index (χ0n) is 7.19. The van der Waals surface area contributed by atoms with Crippen LogP contribution >= 0.6 is 0 Å². The van der Waals surface area contributed by atoms with Crippen LogP contribution in [0.1, 0.15) is 16.8 Å². The van der Waals surface area contributed by atoms with Gasteiger partial charge in [-0.2, -0.15) is 0 Å². The van der Waals surface area contributed by atoms with Crippen LogP contribution in [0.5, 0.6) is 0 Å². The predicted octanol–water partition coefficient (Wildman–Crippen LogP) is 1.87. The summed E-state index contributed by atoms with van der Waals surface area (Å²) in [4.78, 5) is 11.2. The van der Waals surface area contributed by atoms with Crippen molar-refractivity contribution in [3.05, 3.63) is 35.9 Å². The van der Waals surface area contributed by atoms with E-state index in [2.05, 4.69) is 5.92 Å². The topological polar surface area (TPSA) is 26.3 Å². The van der Waals surface area contributed by atoms with Gasteiger partial charge in [0.15, 0.2) is 0 Å². The third-order valence-corrected chi connectivity index (χ3v) is 1.49. The minimum absolute atomic E-state index is 0.282. The van der Waals surface area contributed by atoms with Gasteiger partial charge in [0.1, 0.15) is 6.61 Å². The Morgan fingerprint density at radius 2 is 2.08 bits per heavy atom. The average Bonchev–Trinajstić information content (AvgIpc) is 2.19. The van der Waals surface area contributed by atoms with E-state index in [0.717, 1.165) is 0 Å². The van der Waals surface area contributed by atoms with Crippen LogP contribution in [0.4, 0.5) is 0 Å². The molecule has 0 aliphatic heterocycles. The zero-order valence-corrected chi connectivity index (χ0v) is 7.19. The van der Waals surface area contributed by atoms with E-state index in [4.69, 9.17) is 11.2 Å². The smallest absolute Gasteiger partial charge is 0.338 e. The molecule has 2 heteroatoms. The Morgan fingerprint density at radius 3 is 2.69 bits per heavy atom. The van der Waals surface area contributed by atoms with E-state index in [9.17, 15) is 4.79 Å². The summed E-state index contributed by atoms with van der Waals surface area (Å²) >= 11 is 0. The second-order valence-corrected chi connectivity index (χ2v) is 2.46. The van der Waals surface area contributed by atoms with Gasteiger partial charge in [0.05, 0.1) is 5.56 Å². The summed E-state index contributed by atoms with van der Waals surface area (Å²) in [6.45, 7) is 0.282. The molecule has 2 nitrogen and oxygen atoms in total. The monoisotopic (exact) mass is 174 g/mol. The number of terminal acetylenes is 1. The molecule has 66 valence electrons. The third kappa shape index (κ3) is 3.00. The second-order valence-electron chi connectivity index (χ2n) is 2.46. The molecular formula is C11H10O2. The molecule has 0 radical (unpaired) electrons. The summed E-state index contributed by atoms with van der Waals surface area (Å²) in [5.41, 5.74) is 0.555.